The molecule has 1 aliphatic rings. The van der Waals surface area contributed by atoms with E-state index < -0.39 is 30.5 Å². The maximum absolute atomic E-state index is 13.5. The van der Waals surface area contributed by atoms with Crippen LogP contribution in [-0.4, -0.2) is 50.0 Å². The van der Waals surface area contributed by atoms with Gasteiger partial charge in [-0.05, 0) is 29.7 Å². The van der Waals surface area contributed by atoms with E-state index in [2.05, 4.69) is 5.32 Å². The number of Topliss-reactive ketones (excluding diaryl/α,β-unsaturated/α-hetero) is 1. The smallest absolute Gasteiger partial charge is 0.408 e. The van der Waals surface area contributed by atoms with Crippen molar-refractivity contribution in [1.82, 2.24) is 5.32 Å². The highest BCUT2D eigenvalue weighted by molar-refractivity contribution is 5.89. The summed E-state index contributed by atoms with van der Waals surface area (Å²) in [6.45, 7) is 0.0845. The van der Waals surface area contributed by atoms with Gasteiger partial charge >= 0.3 is 12.1 Å². The van der Waals surface area contributed by atoms with Crippen molar-refractivity contribution in [2.24, 2.45) is 5.92 Å². The molecule has 1 amide bonds. The van der Waals surface area contributed by atoms with Crippen LogP contribution in [0.2, 0.25) is 0 Å². The maximum Gasteiger partial charge on any atom is 0.408 e. The van der Waals surface area contributed by atoms with E-state index in [-0.39, 0.29) is 31.3 Å². The first-order chi connectivity index (χ1) is 19.0. The van der Waals surface area contributed by atoms with Crippen molar-refractivity contribution in [3.63, 3.8) is 0 Å². The number of rotatable bonds is 12. The quantitative estimate of drug-likeness (QED) is 0.338. The lowest BCUT2D eigenvalue weighted by atomic mass is 9.90. The second-order valence-electron chi connectivity index (χ2n) is 9.42. The van der Waals surface area contributed by atoms with Crippen molar-refractivity contribution in [1.29, 1.82) is 0 Å². The molecule has 1 saturated heterocycles. The van der Waals surface area contributed by atoms with E-state index >= 15 is 0 Å². The number of carbonyl (C=O) groups excluding carboxylic acids is 3. The van der Waals surface area contributed by atoms with Gasteiger partial charge in [0, 0.05) is 25.9 Å². The third-order valence-corrected chi connectivity index (χ3v) is 6.64. The average Bonchev–Trinajstić information content (AvgIpc) is 3.37. The fourth-order valence-corrected chi connectivity index (χ4v) is 4.52. The molecule has 0 bridgehead atoms. The first-order valence-corrected chi connectivity index (χ1v) is 13.0. The molecule has 0 saturated carbocycles. The minimum Gasteiger partial charge on any atom is -0.459 e. The molecule has 1 fully saturated rings. The minimum absolute atomic E-state index is 0.0125. The molecule has 0 aromatic heterocycles. The lowest BCUT2D eigenvalue weighted by Gasteiger charge is -2.22. The summed E-state index contributed by atoms with van der Waals surface area (Å²) in [6, 6.07) is 26.7. The Morgan fingerprint density at radius 1 is 0.872 bits per heavy atom. The van der Waals surface area contributed by atoms with Crippen LogP contribution in [-0.2, 0) is 36.8 Å². The van der Waals surface area contributed by atoms with Gasteiger partial charge in [0.1, 0.15) is 13.2 Å². The molecule has 1 heterocycles. The second-order valence-corrected chi connectivity index (χ2v) is 9.42. The molecule has 8 heteroatoms. The highest BCUT2D eigenvalue weighted by Crippen LogP contribution is 2.31. The molecular formula is C31H33NO7. The van der Waals surface area contributed by atoms with E-state index in [0.717, 1.165) is 11.1 Å². The van der Waals surface area contributed by atoms with Crippen molar-refractivity contribution in [3.05, 3.63) is 108 Å². The number of carbonyl (C=O) groups is 3. The predicted molar refractivity (Wildman–Crippen MR) is 144 cm³/mol. The van der Waals surface area contributed by atoms with Gasteiger partial charge in [0.15, 0.2) is 12.1 Å². The molecule has 3 aromatic rings. The van der Waals surface area contributed by atoms with E-state index in [1.165, 1.54) is 7.11 Å². The average molecular weight is 532 g/mol. The number of methoxy groups -OCH3 is 1. The third kappa shape index (κ3) is 8.49. The van der Waals surface area contributed by atoms with Crippen molar-refractivity contribution in [2.45, 2.75) is 44.3 Å². The molecule has 4 atom stereocenters. The van der Waals surface area contributed by atoms with Gasteiger partial charge in [-0.3, -0.25) is 4.79 Å². The number of nitrogens with one attached hydrogen (secondary N) is 1. The van der Waals surface area contributed by atoms with Crippen LogP contribution in [0.15, 0.2) is 91.0 Å². The lowest BCUT2D eigenvalue weighted by molar-refractivity contribution is -0.128. The first-order valence-electron chi connectivity index (χ1n) is 13.0. The Morgan fingerprint density at radius 2 is 1.49 bits per heavy atom. The lowest BCUT2D eigenvalue weighted by Crippen LogP contribution is -2.43. The molecule has 0 unspecified atom stereocenters. The first kappa shape index (κ1) is 28.0. The van der Waals surface area contributed by atoms with Crippen LogP contribution in [0.3, 0.4) is 0 Å². The fourth-order valence-electron chi connectivity index (χ4n) is 4.52. The Morgan fingerprint density at radius 3 is 2.13 bits per heavy atom. The third-order valence-electron chi connectivity index (χ3n) is 6.64. The molecule has 39 heavy (non-hydrogen) atoms. The largest absolute Gasteiger partial charge is 0.459 e. The monoisotopic (exact) mass is 531 g/mol. The van der Waals surface area contributed by atoms with Crippen LogP contribution < -0.4 is 5.32 Å². The number of amides is 1. The van der Waals surface area contributed by atoms with Gasteiger partial charge in [-0.2, -0.15) is 0 Å². The Hall–Kier alpha value is -4.01. The normalized spacial score (nSPS) is 19.2. The number of alkyl carbamates (subject to hydrolysis) is 1. The number of ketones is 1. The van der Waals surface area contributed by atoms with Crippen LogP contribution in [0.25, 0.3) is 0 Å². The Bertz CT molecular complexity index is 1200. The van der Waals surface area contributed by atoms with Crippen molar-refractivity contribution >= 4 is 17.8 Å². The molecular weight excluding hydrogens is 498 g/mol. The standard InChI is InChI=1S/C31H33NO7/c1-36-29-19-25(28(39-29)21-37-30(34)24-15-9-4-10-16-24)18-27(33)26(17-22-11-5-2-6-12-22)32-31(35)38-20-23-13-7-3-8-14-23/h2-16,25-26,28-29H,17-21H2,1H3,(H,32,35)/t25-,26+,28-,29-/m1/s1. The zero-order chi connectivity index (χ0) is 27.5. The summed E-state index contributed by atoms with van der Waals surface area (Å²) >= 11 is 0. The van der Waals surface area contributed by atoms with Crippen molar-refractivity contribution in [2.75, 3.05) is 13.7 Å². The van der Waals surface area contributed by atoms with E-state index in [4.69, 9.17) is 18.9 Å². The number of ether oxygens (including phenoxy) is 4. The van der Waals surface area contributed by atoms with Crippen LogP contribution in [0.1, 0.15) is 34.3 Å². The highest BCUT2D eigenvalue weighted by atomic mass is 16.7. The Kier molecular flexibility index (Phi) is 10.2. The van der Waals surface area contributed by atoms with E-state index in [0.29, 0.717) is 18.4 Å². The maximum atomic E-state index is 13.5. The molecule has 3 aromatic carbocycles. The summed E-state index contributed by atoms with van der Waals surface area (Å²) in [7, 11) is 1.53. The van der Waals surface area contributed by atoms with Crippen LogP contribution in [0, 0.1) is 5.92 Å². The zero-order valence-corrected chi connectivity index (χ0v) is 21.9. The van der Waals surface area contributed by atoms with Gasteiger partial charge in [0.25, 0.3) is 0 Å². The van der Waals surface area contributed by atoms with E-state index in [1.54, 1.807) is 24.3 Å². The fraction of sp³-hybridized carbons (Fsp3) is 0.323. The minimum atomic E-state index is -0.801. The van der Waals surface area contributed by atoms with Crippen LogP contribution in [0.5, 0.6) is 0 Å². The Labute approximate surface area is 228 Å². The van der Waals surface area contributed by atoms with Gasteiger partial charge in [-0.15, -0.1) is 0 Å². The Balaban J connectivity index is 1.39. The van der Waals surface area contributed by atoms with Crippen LogP contribution >= 0.6 is 0 Å². The van der Waals surface area contributed by atoms with Gasteiger partial charge in [0.2, 0.25) is 0 Å². The van der Waals surface area contributed by atoms with Gasteiger partial charge in [0.05, 0.1) is 17.7 Å². The summed E-state index contributed by atoms with van der Waals surface area (Å²) in [6.07, 6.45) is -0.807. The van der Waals surface area contributed by atoms with E-state index in [9.17, 15) is 14.4 Å². The molecule has 204 valence electrons. The summed E-state index contributed by atoms with van der Waals surface area (Å²) < 4.78 is 22.2. The van der Waals surface area contributed by atoms with E-state index in [1.807, 2.05) is 66.7 Å². The number of benzene rings is 3. The number of hydrogen-bond acceptors (Lipinski definition) is 7. The predicted octanol–water partition coefficient (Wildman–Crippen LogP) is 4.72. The van der Waals surface area contributed by atoms with Gasteiger partial charge in [-0.1, -0.05) is 78.9 Å². The summed E-state index contributed by atoms with van der Waals surface area (Å²) in [5.74, 6) is -0.887. The molecule has 8 nitrogen and oxygen atoms in total. The number of hydrogen-bond donors (Lipinski definition) is 1. The summed E-state index contributed by atoms with van der Waals surface area (Å²) in [5.41, 5.74) is 2.19. The van der Waals surface area contributed by atoms with Crippen molar-refractivity contribution < 1.29 is 33.3 Å². The molecule has 4 rings (SSSR count). The second kappa shape index (κ2) is 14.2. The van der Waals surface area contributed by atoms with Crippen LogP contribution in [0.4, 0.5) is 4.79 Å². The SMILES string of the molecule is CO[C@H]1C[C@@H](CC(=O)[C@H](Cc2ccccc2)NC(=O)OCc2ccccc2)[C@@H](COC(=O)c2ccccc2)O1. The van der Waals surface area contributed by atoms with Gasteiger partial charge in [-0.25, -0.2) is 9.59 Å². The molecule has 1 aliphatic heterocycles. The topological polar surface area (TPSA) is 100 Å². The summed E-state index contributed by atoms with van der Waals surface area (Å²) in [5, 5.41) is 2.75. The molecule has 0 radical (unpaired) electrons. The highest BCUT2D eigenvalue weighted by Gasteiger charge is 2.39. The van der Waals surface area contributed by atoms with Gasteiger partial charge < -0.3 is 24.3 Å². The summed E-state index contributed by atoms with van der Waals surface area (Å²) in [4.78, 5) is 38.6. The van der Waals surface area contributed by atoms with Crippen molar-refractivity contribution in [3.8, 4) is 0 Å². The zero-order valence-electron chi connectivity index (χ0n) is 21.9. The molecule has 0 spiro atoms. The molecule has 1 N–H and O–H groups in total. The molecule has 0 aliphatic carbocycles. The number of esters is 1.